The third kappa shape index (κ3) is 8.37. The molecule has 0 saturated heterocycles. The third-order valence-corrected chi connectivity index (χ3v) is 8.30. The Bertz CT molecular complexity index is 129. The first-order valence-electron chi connectivity index (χ1n) is 6.80. The predicted molar refractivity (Wildman–Crippen MR) is 70.7 cm³/mol. The first-order valence-corrected chi connectivity index (χ1v) is 11.5. The molecule has 0 radical (unpaired) electrons. The Kier molecular flexibility index (Phi) is 12.2. The van der Waals surface area contributed by atoms with Gasteiger partial charge in [0.15, 0.2) is 0 Å². The third-order valence-electron chi connectivity index (χ3n) is 1.93. The van der Waals surface area contributed by atoms with Crippen molar-refractivity contribution in [2.45, 2.75) is 53.4 Å². The summed E-state index contributed by atoms with van der Waals surface area (Å²) in [5, 5.41) is 0. The van der Waals surface area contributed by atoms with E-state index in [4.69, 9.17) is 12.3 Å². The Balaban J connectivity index is 4.39. The molecule has 0 saturated carbocycles. The molecule has 0 aliphatic carbocycles. The average molecular weight is 355 g/mol. The Morgan fingerprint density at radius 3 is 0.941 bits per heavy atom. The van der Waals surface area contributed by atoms with E-state index in [1.54, 1.807) is 0 Å². The summed E-state index contributed by atoms with van der Waals surface area (Å²) in [5.41, 5.74) is 0. The molecule has 0 unspecified atom stereocenters. The molecule has 5 heteroatoms. The van der Waals surface area contributed by atoms with E-state index in [2.05, 4.69) is 27.7 Å². The SMILES string of the molecule is CCC[O][Sn]([O]CCC)([O]CCC)[O]CCC. The fourth-order valence-electron chi connectivity index (χ4n) is 1.16. The van der Waals surface area contributed by atoms with E-state index in [9.17, 15) is 0 Å². The topological polar surface area (TPSA) is 36.9 Å². The minimum absolute atomic E-state index is 0.660. The van der Waals surface area contributed by atoms with Crippen molar-refractivity contribution in [1.29, 1.82) is 0 Å². The molecule has 0 aromatic carbocycles. The van der Waals surface area contributed by atoms with Crippen LogP contribution < -0.4 is 0 Å². The standard InChI is InChI=1S/4C3H7O.Sn/c4*1-2-3-4;/h4*2-3H2,1H3;/q4*-1;+4. The Morgan fingerprint density at radius 1 is 0.529 bits per heavy atom. The number of hydrogen-bond acceptors (Lipinski definition) is 4. The van der Waals surface area contributed by atoms with Crippen LogP contribution >= 0.6 is 0 Å². The minimum atomic E-state index is -3.69. The van der Waals surface area contributed by atoms with Gasteiger partial charge in [0.2, 0.25) is 0 Å². The van der Waals surface area contributed by atoms with Crippen LogP contribution in [-0.2, 0) is 12.3 Å². The van der Waals surface area contributed by atoms with Gasteiger partial charge in [0.05, 0.1) is 0 Å². The molecular formula is C12H28O4Sn. The maximum absolute atomic E-state index is 5.83. The first kappa shape index (κ1) is 17.6. The average Bonchev–Trinajstić information content (AvgIpc) is 2.37. The summed E-state index contributed by atoms with van der Waals surface area (Å²) in [6, 6.07) is 0. The van der Waals surface area contributed by atoms with Crippen molar-refractivity contribution in [3.05, 3.63) is 0 Å². The van der Waals surface area contributed by atoms with E-state index in [-0.39, 0.29) is 0 Å². The van der Waals surface area contributed by atoms with E-state index >= 15 is 0 Å². The van der Waals surface area contributed by atoms with Crippen LogP contribution in [0.15, 0.2) is 0 Å². The Labute approximate surface area is 112 Å². The molecule has 4 nitrogen and oxygen atoms in total. The van der Waals surface area contributed by atoms with Crippen LogP contribution in [0.2, 0.25) is 0 Å². The molecule has 0 aromatic heterocycles. The van der Waals surface area contributed by atoms with Crippen LogP contribution in [0.3, 0.4) is 0 Å². The number of hydrogen-bond donors (Lipinski definition) is 0. The molecule has 0 atom stereocenters. The predicted octanol–water partition coefficient (Wildman–Crippen LogP) is 3.13. The van der Waals surface area contributed by atoms with Crippen LogP contribution in [0.25, 0.3) is 0 Å². The van der Waals surface area contributed by atoms with Gasteiger partial charge in [0.25, 0.3) is 0 Å². The summed E-state index contributed by atoms with van der Waals surface area (Å²) in [6.45, 7) is 11.0. The van der Waals surface area contributed by atoms with Crippen molar-refractivity contribution in [3.63, 3.8) is 0 Å². The van der Waals surface area contributed by atoms with Gasteiger partial charge in [-0.2, -0.15) is 0 Å². The summed E-state index contributed by atoms with van der Waals surface area (Å²) in [4.78, 5) is 0. The van der Waals surface area contributed by atoms with Crippen LogP contribution in [0.5, 0.6) is 0 Å². The zero-order chi connectivity index (χ0) is 13.0. The fraction of sp³-hybridized carbons (Fsp3) is 1.00. The van der Waals surface area contributed by atoms with Crippen molar-refractivity contribution in [2.24, 2.45) is 0 Å². The van der Waals surface area contributed by atoms with Crippen LogP contribution in [0.1, 0.15) is 53.4 Å². The molecule has 0 aromatic rings. The molecule has 17 heavy (non-hydrogen) atoms. The molecule has 0 spiro atoms. The zero-order valence-corrected chi connectivity index (χ0v) is 14.6. The van der Waals surface area contributed by atoms with E-state index in [1.165, 1.54) is 0 Å². The number of rotatable bonds is 12. The molecule has 104 valence electrons. The summed E-state index contributed by atoms with van der Waals surface area (Å²) in [7, 11) is 0. The molecule has 0 amide bonds. The zero-order valence-electron chi connectivity index (χ0n) is 11.8. The van der Waals surface area contributed by atoms with Crippen LogP contribution in [0, 0.1) is 0 Å². The van der Waals surface area contributed by atoms with Gasteiger partial charge in [0, 0.05) is 0 Å². The molecule has 0 bridgehead atoms. The molecule has 0 fully saturated rings. The summed E-state index contributed by atoms with van der Waals surface area (Å²) < 4.78 is 23.3. The fourth-order valence-corrected chi connectivity index (χ4v) is 7.77. The monoisotopic (exact) mass is 356 g/mol. The van der Waals surface area contributed by atoms with Gasteiger partial charge in [-0.05, 0) is 0 Å². The molecule has 0 aliphatic rings. The van der Waals surface area contributed by atoms with E-state index < -0.39 is 20.0 Å². The second-order valence-corrected chi connectivity index (χ2v) is 10.0. The van der Waals surface area contributed by atoms with E-state index in [1.807, 2.05) is 0 Å². The maximum atomic E-state index is 5.83. The van der Waals surface area contributed by atoms with Crippen molar-refractivity contribution in [2.75, 3.05) is 26.4 Å². The van der Waals surface area contributed by atoms with Gasteiger partial charge in [0.1, 0.15) is 0 Å². The molecule has 0 rings (SSSR count). The van der Waals surface area contributed by atoms with E-state index in [0.717, 1.165) is 25.7 Å². The van der Waals surface area contributed by atoms with Gasteiger partial charge in [-0.3, -0.25) is 0 Å². The quantitative estimate of drug-likeness (QED) is 0.504. The summed E-state index contributed by atoms with van der Waals surface area (Å²) >= 11 is -3.69. The second-order valence-electron chi connectivity index (χ2n) is 3.89. The van der Waals surface area contributed by atoms with Crippen molar-refractivity contribution in [1.82, 2.24) is 0 Å². The molecular weight excluding hydrogens is 327 g/mol. The van der Waals surface area contributed by atoms with Gasteiger partial charge in [-0.25, -0.2) is 0 Å². The van der Waals surface area contributed by atoms with E-state index in [0.29, 0.717) is 26.4 Å². The molecule has 0 heterocycles. The van der Waals surface area contributed by atoms with Crippen molar-refractivity contribution < 1.29 is 12.3 Å². The summed E-state index contributed by atoms with van der Waals surface area (Å²) in [5.74, 6) is 0. The van der Waals surface area contributed by atoms with Crippen LogP contribution in [0.4, 0.5) is 0 Å². The van der Waals surface area contributed by atoms with Gasteiger partial charge >= 0.3 is 112 Å². The van der Waals surface area contributed by atoms with Gasteiger partial charge < -0.3 is 0 Å². The Morgan fingerprint density at radius 2 is 0.765 bits per heavy atom. The summed E-state index contributed by atoms with van der Waals surface area (Å²) in [6.07, 6.45) is 3.83. The normalized spacial score (nSPS) is 12.0. The first-order chi connectivity index (χ1) is 8.24. The molecule has 0 aliphatic heterocycles. The van der Waals surface area contributed by atoms with Gasteiger partial charge in [-0.15, -0.1) is 0 Å². The second kappa shape index (κ2) is 11.7. The van der Waals surface area contributed by atoms with Crippen molar-refractivity contribution in [3.8, 4) is 0 Å². The van der Waals surface area contributed by atoms with Gasteiger partial charge in [-0.1, -0.05) is 0 Å². The Hall–Kier alpha value is 0.639. The van der Waals surface area contributed by atoms with Crippen LogP contribution in [-0.4, -0.2) is 46.5 Å². The van der Waals surface area contributed by atoms with Crippen molar-refractivity contribution >= 4 is 20.0 Å². The molecule has 0 N–H and O–H groups in total.